The van der Waals surface area contributed by atoms with Crippen LogP contribution < -0.4 is 5.73 Å². The Labute approximate surface area is 173 Å². The van der Waals surface area contributed by atoms with Crippen LogP contribution in [0.5, 0.6) is 0 Å². The maximum absolute atomic E-state index is 14.3. The van der Waals surface area contributed by atoms with Gasteiger partial charge in [-0.05, 0) is 35.0 Å². The van der Waals surface area contributed by atoms with Crippen LogP contribution in [0.15, 0.2) is 42.9 Å². The number of carboxylic acid groups (broad SMARTS) is 1. The van der Waals surface area contributed by atoms with Gasteiger partial charge in [0.1, 0.15) is 11.5 Å². The van der Waals surface area contributed by atoms with Gasteiger partial charge in [-0.1, -0.05) is 6.07 Å². The average molecular weight is 426 g/mol. The molecule has 3 N–H and O–H groups in total. The Hall–Kier alpha value is -4.22. The van der Waals surface area contributed by atoms with E-state index in [-0.39, 0.29) is 23.8 Å². The fourth-order valence-corrected chi connectivity index (χ4v) is 3.01. The number of pyridine rings is 1. The summed E-state index contributed by atoms with van der Waals surface area (Å²) in [6.07, 6.45) is 5.37. The molecule has 31 heavy (non-hydrogen) atoms. The highest BCUT2D eigenvalue weighted by molar-refractivity contribution is 5.76. The fraction of sp³-hybridized carbons (Fsp3) is 0.158. The van der Waals surface area contributed by atoms with Crippen LogP contribution in [0.3, 0.4) is 0 Å². The van der Waals surface area contributed by atoms with Crippen LogP contribution in [-0.4, -0.2) is 46.0 Å². The van der Waals surface area contributed by atoms with Gasteiger partial charge in [-0.3, -0.25) is 9.48 Å². The van der Waals surface area contributed by atoms with Gasteiger partial charge in [-0.2, -0.15) is 9.78 Å². The van der Waals surface area contributed by atoms with Gasteiger partial charge in [0.2, 0.25) is 0 Å². The number of aliphatic carboxylic acids is 1. The van der Waals surface area contributed by atoms with Crippen molar-refractivity contribution in [2.75, 3.05) is 5.73 Å². The molecule has 0 aliphatic heterocycles. The molecule has 0 saturated carbocycles. The highest BCUT2D eigenvalue weighted by Crippen LogP contribution is 2.29. The maximum atomic E-state index is 14.3. The average Bonchev–Trinajstić information content (AvgIpc) is 3.40. The summed E-state index contributed by atoms with van der Waals surface area (Å²) in [6.45, 7) is 0.443. The number of nitrogens with two attached hydrogens (primary N) is 1. The Kier molecular flexibility index (Phi) is 5.35. The lowest BCUT2D eigenvalue weighted by molar-refractivity contribution is -0.137. The summed E-state index contributed by atoms with van der Waals surface area (Å²) in [5, 5.41) is 24.2. The van der Waals surface area contributed by atoms with Gasteiger partial charge < -0.3 is 10.8 Å². The summed E-state index contributed by atoms with van der Waals surface area (Å²) in [4.78, 5) is 14.8. The predicted octanol–water partition coefficient (Wildman–Crippen LogP) is 2.31. The Bertz CT molecular complexity index is 1250. The van der Waals surface area contributed by atoms with Crippen LogP contribution in [-0.2, 0) is 11.3 Å². The smallest absolute Gasteiger partial charge is 0.303 e. The second-order valence-corrected chi connectivity index (χ2v) is 6.63. The molecule has 4 rings (SSSR count). The van der Waals surface area contributed by atoms with Crippen LogP contribution >= 0.6 is 0 Å². The second-order valence-electron chi connectivity index (χ2n) is 6.63. The van der Waals surface area contributed by atoms with Crippen molar-refractivity contribution in [3.05, 3.63) is 54.5 Å². The van der Waals surface area contributed by atoms with E-state index < -0.39 is 17.6 Å². The number of nitrogens with zero attached hydrogens (tertiary/aromatic N) is 7. The fourth-order valence-electron chi connectivity index (χ4n) is 3.01. The third-order valence-corrected chi connectivity index (χ3v) is 4.53. The molecule has 0 aliphatic carbocycles. The van der Waals surface area contributed by atoms with Gasteiger partial charge in [-0.15, -0.1) is 5.10 Å². The summed E-state index contributed by atoms with van der Waals surface area (Å²) < 4.78 is 30.6. The van der Waals surface area contributed by atoms with Crippen molar-refractivity contribution in [3.8, 4) is 28.2 Å². The van der Waals surface area contributed by atoms with Crippen LogP contribution in [0.2, 0.25) is 0 Å². The van der Waals surface area contributed by atoms with E-state index in [0.717, 1.165) is 10.7 Å². The molecule has 0 radical (unpaired) electrons. The first-order chi connectivity index (χ1) is 14.9. The third kappa shape index (κ3) is 4.08. The van der Waals surface area contributed by atoms with Gasteiger partial charge in [-0.25, -0.2) is 13.8 Å². The zero-order valence-corrected chi connectivity index (χ0v) is 16.0. The SMILES string of the molecule is Nc1ncc(-c2cnn(CCCC(=O)O)c2)cc1-c1nnnn1-c1cccc(F)c1F. The number of carbonyl (C=O) groups is 1. The van der Waals surface area contributed by atoms with E-state index >= 15 is 0 Å². The number of aromatic nitrogens is 7. The number of carboxylic acids is 1. The molecule has 10 nitrogen and oxygen atoms in total. The summed E-state index contributed by atoms with van der Waals surface area (Å²) in [6, 6.07) is 5.34. The zero-order chi connectivity index (χ0) is 22.0. The molecule has 0 aliphatic rings. The number of anilines is 1. The lowest BCUT2D eigenvalue weighted by atomic mass is 10.1. The Morgan fingerprint density at radius 1 is 1.19 bits per heavy atom. The highest BCUT2D eigenvalue weighted by Gasteiger charge is 2.19. The second kappa shape index (κ2) is 8.26. The third-order valence-electron chi connectivity index (χ3n) is 4.53. The van der Waals surface area contributed by atoms with Crippen molar-refractivity contribution in [2.45, 2.75) is 19.4 Å². The van der Waals surface area contributed by atoms with E-state index in [1.165, 1.54) is 18.3 Å². The minimum absolute atomic E-state index is 0.0437. The van der Waals surface area contributed by atoms with Gasteiger partial charge in [0, 0.05) is 36.5 Å². The molecule has 0 unspecified atom stereocenters. The van der Waals surface area contributed by atoms with Crippen LogP contribution in [0, 0.1) is 11.6 Å². The first kappa shape index (κ1) is 20.1. The maximum Gasteiger partial charge on any atom is 0.303 e. The number of halogens is 2. The predicted molar refractivity (Wildman–Crippen MR) is 105 cm³/mol. The molecule has 0 bridgehead atoms. The van der Waals surface area contributed by atoms with Crippen molar-refractivity contribution >= 4 is 11.8 Å². The summed E-state index contributed by atoms with van der Waals surface area (Å²) in [7, 11) is 0. The molecular formula is C19H16F2N8O2. The molecule has 0 spiro atoms. The minimum atomic E-state index is -1.10. The number of benzene rings is 1. The topological polar surface area (TPSA) is 138 Å². The summed E-state index contributed by atoms with van der Waals surface area (Å²) >= 11 is 0. The van der Waals surface area contributed by atoms with Crippen LogP contribution in [0.25, 0.3) is 28.2 Å². The normalized spacial score (nSPS) is 11.0. The zero-order valence-electron chi connectivity index (χ0n) is 16.0. The number of rotatable bonds is 7. The molecule has 0 amide bonds. The first-order valence-corrected chi connectivity index (χ1v) is 9.17. The van der Waals surface area contributed by atoms with Gasteiger partial charge >= 0.3 is 5.97 Å². The van der Waals surface area contributed by atoms with E-state index in [4.69, 9.17) is 10.8 Å². The van der Waals surface area contributed by atoms with Crippen molar-refractivity contribution in [3.63, 3.8) is 0 Å². The largest absolute Gasteiger partial charge is 0.481 e. The molecular weight excluding hydrogens is 410 g/mol. The Morgan fingerprint density at radius 3 is 2.84 bits per heavy atom. The van der Waals surface area contributed by atoms with E-state index in [9.17, 15) is 13.6 Å². The van der Waals surface area contributed by atoms with E-state index in [0.29, 0.717) is 29.7 Å². The number of tetrazole rings is 1. The molecule has 12 heteroatoms. The molecule has 1 aromatic carbocycles. The molecule has 158 valence electrons. The first-order valence-electron chi connectivity index (χ1n) is 9.17. The quantitative estimate of drug-likeness (QED) is 0.459. The molecule has 0 saturated heterocycles. The number of aryl methyl sites for hydroxylation is 1. The number of nitrogen functional groups attached to an aromatic ring is 1. The molecule has 3 heterocycles. The van der Waals surface area contributed by atoms with Crippen molar-refractivity contribution < 1.29 is 18.7 Å². The van der Waals surface area contributed by atoms with Crippen molar-refractivity contribution in [1.82, 2.24) is 35.0 Å². The molecule has 0 atom stereocenters. The van der Waals surface area contributed by atoms with Crippen LogP contribution in [0.1, 0.15) is 12.8 Å². The molecule has 3 aromatic heterocycles. The van der Waals surface area contributed by atoms with Crippen LogP contribution in [0.4, 0.5) is 14.6 Å². The standard InChI is InChI=1S/C19H16F2N8O2/c20-14-3-1-4-15(17(14)21)29-19(25-26-27-29)13-7-11(8-23-18(13)22)12-9-24-28(10-12)6-2-5-16(30)31/h1,3-4,7-10H,2,5-6H2,(H2,22,23)(H,30,31). The Balaban J connectivity index is 1.68. The minimum Gasteiger partial charge on any atom is -0.481 e. The number of hydrogen-bond acceptors (Lipinski definition) is 7. The van der Waals surface area contributed by atoms with Crippen molar-refractivity contribution in [1.29, 1.82) is 0 Å². The summed E-state index contributed by atoms with van der Waals surface area (Å²) in [5.74, 6) is -2.81. The molecule has 0 fully saturated rings. The summed E-state index contributed by atoms with van der Waals surface area (Å²) in [5.41, 5.74) is 7.51. The lowest BCUT2D eigenvalue weighted by Gasteiger charge is -2.09. The monoisotopic (exact) mass is 426 g/mol. The molecule has 4 aromatic rings. The van der Waals surface area contributed by atoms with E-state index in [2.05, 4.69) is 25.6 Å². The lowest BCUT2D eigenvalue weighted by Crippen LogP contribution is -2.06. The highest BCUT2D eigenvalue weighted by atomic mass is 19.2. The van der Waals surface area contributed by atoms with E-state index in [1.54, 1.807) is 23.1 Å². The number of hydrogen-bond donors (Lipinski definition) is 2. The van der Waals surface area contributed by atoms with Gasteiger partial charge in [0.05, 0.1) is 11.8 Å². The Morgan fingerprint density at radius 2 is 2.03 bits per heavy atom. The van der Waals surface area contributed by atoms with Gasteiger partial charge in [0.25, 0.3) is 0 Å². The van der Waals surface area contributed by atoms with Crippen molar-refractivity contribution in [2.24, 2.45) is 0 Å². The van der Waals surface area contributed by atoms with E-state index in [1.807, 2.05) is 0 Å². The van der Waals surface area contributed by atoms with Gasteiger partial charge in [0.15, 0.2) is 17.5 Å².